The molecule has 0 aliphatic heterocycles. The summed E-state index contributed by atoms with van der Waals surface area (Å²) in [5.41, 5.74) is 0.525. The van der Waals surface area contributed by atoms with Crippen molar-refractivity contribution in [1.82, 2.24) is 0 Å². The van der Waals surface area contributed by atoms with E-state index in [1.54, 1.807) is 0 Å². The third-order valence-electron chi connectivity index (χ3n) is 5.95. The molecule has 0 aromatic heterocycles. The van der Waals surface area contributed by atoms with Gasteiger partial charge in [0.1, 0.15) is 6.54 Å². The van der Waals surface area contributed by atoms with Crippen LogP contribution in [0.5, 0.6) is 0 Å². The van der Waals surface area contributed by atoms with E-state index in [9.17, 15) is 5.11 Å². The highest BCUT2D eigenvalue weighted by molar-refractivity contribution is 5.03. The number of halogens is 1. The highest BCUT2D eigenvalue weighted by Gasteiger charge is 2.58. The van der Waals surface area contributed by atoms with Crippen LogP contribution in [0, 0.1) is 17.8 Å². The first-order chi connectivity index (χ1) is 7.55. The summed E-state index contributed by atoms with van der Waals surface area (Å²) in [4.78, 5) is 0. The Hall–Kier alpha value is 0.650. The van der Waals surface area contributed by atoms with Crippen molar-refractivity contribution in [2.75, 3.05) is 27.2 Å². The number of hydrogen-bond donors (Lipinski definition) is 1. The van der Waals surface area contributed by atoms with Crippen molar-refractivity contribution in [1.29, 1.82) is 0 Å². The van der Waals surface area contributed by atoms with E-state index < -0.39 is 0 Å². The Balaban J connectivity index is 0.00000108. The predicted molar refractivity (Wildman–Crippen MR) is 65.0 cm³/mol. The summed E-state index contributed by atoms with van der Waals surface area (Å²) < 4.78 is 1.06. The summed E-state index contributed by atoms with van der Waals surface area (Å²) >= 11 is 0. The monoisotopic (exact) mass is 351 g/mol. The quantitative estimate of drug-likeness (QED) is 0.513. The fourth-order valence-electron chi connectivity index (χ4n) is 5.29. The van der Waals surface area contributed by atoms with E-state index in [1.807, 2.05) is 0 Å². The summed E-state index contributed by atoms with van der Waals surface area (Å²) in [6.45, 7) is 1.28. The van der Waals surface area contributed by atoms with Crippen LogP contribution < -0.4 is 24.0 Å². The largest absolute Gasteiger partial charge is 1.00 e. The van der Waals surface area contributed by atoms with E-state index in [2.05, 4.69) is 14.1 Å². The van der Waals surface area contributed by atoms with E-state index in [1.165, 1.54) is 38.5 Å². The van der Waals surface area contributed by atoms with Gasteiger partial charge in [-0.2, -0.15) is 0 Å². The maximum atomic E-state index is 9.29. The van der Waals surface area contributed by atoms with Crippen LogP contribution in [0.2, 0.25) is 0 Å². The van der Waals surface area contributed by atoms with Crippen molar-refractivity contribution in [2.45, 2.75) is 44.1 Å². The lowest BCUT2D eigenvalue weighted by molar-refractivity contribution is -0.948. The Morgan fingerprint density at radius 1 is 1.00 bits per heavy atom. The van der Waals surface area contributed by atoms with Gasteiger partial charge in [0.05, 0.1) is 26.2 Å². The van der Waals surface area contributed by atoms with Gasteiger partial charge in [-0.1, -0.05) is 0 Å². The molecule has 0 amide bonds. The summed E-state index contributed by atoms with van der Waals surface area (Å²) in [5, 5.41) is 9.29. The molecular weight excluding hydrogens is 325 g/mol. The molecule has 0 aromatic carbocycles. The number of likely N-dealkylation sites (N-methyl/N-ethyl adjacent to an activating group) is 1. The number of nitrogens with zero attached hydrogens (tertiary/aromatic N) is 1. The van der Waals surface area contributed by atoms with E-state index in [0.29, 0.717) is 12.1 Å². The van der Waals surface area contributed by atoms with Crippen LogP contribution in [0.1, 0.15) is 38.5 Å². The van der Waals surface area contributed by atoms with E-state index in [0.717, 1.165) is 28.8 Å². The molecule has 4 saturated carbocycles. The molecule has 0 radical (unpaired) electrons. The second-order valence-corrected chi connectivity index (χ2v) is 7.27. The molecule has 0 unspecified atom stereocenters. The SMILES string of the molecule is C[N+](C)(CCO)C12CC3CC(CC(C3)C1)C2.[I-]. The topological polar surface area (TPSA) is 20.2 Å². The van der Waals surface area contributed by atoms with Gasteiger partial charge in [0.15, 0.2) is 0 Å². The first kappa shape index (κ1) is 14.1. The predicted octanol–water partition coefficient (Wildman–Crippen LogP) is -0.972. The van der Waals surface area contributed by atoms with Gasteiger partial charge >= 0.3 is 0 Å². The van der Waals surface area contributed by atoms with Crippen molar-refractivity contribution in [3.8, 4) is 0 Å². The Bertz CT molecular complexity index is 255. The zero-order valence-corrected chi connectivity index (χ0v) is 13.3. The fraction of sp³-hybridized carbons (Fsp3) is 1.00. The number of aliphatic hydroxyl groups is 1. The molecule has 17 heavy (non-hydrogen) atoms. The Morgan fingerprint density at radius 3 is 1.76 bits per heavy atom. The first-order valence-electron chi connectivity index (χ1n) is 6.99. The first-order valence-corrected chi connectivity index (χ1v) is 6.99. The Morgan fingerprint density at radius 2 is 1.41 bits per heavy atom. The average Bonchev–Trinajstić information content (AvgIpc) is 2.14. The molecule has 2 nitrogen and oxygen atoms in total. The number of quaternary nitrogens is 1. The molecule has 4 aliphatic carbocycles. The highest BCUT2D eigenvalue weighted by Crippen LogP contribution is 2.58. The minimum absolute atomic E-state index is 0. The van der Waals surface area contributed by atoms with Crippen LogP contribution >= 0.6 is 0 Å². The number of aliphatic hydroxyl groups excluding tert-OH is 1. The van der Waals surface area contributed by atoms with Crippen molar-refractivity contribution in [3.05, 3.63) is 0 Å². The van der Waals surface area contributed by atoms with Crippen LogP contribution in [-0.2, 0) is 0 Å². The minimum atomic E-state index is 0. The number of rotatable bonds is 3. The molecule has 1 N–H and O–H groups in total. The fourth-order valence-corrected chi connectivity index (χ4v) is 5.29. The second-order valence-electron chi connectivity index (χ2n) is 7.27. The van der Waals surface area contributed by atoms with Crippen molar-refractivity contribution in [2.24, 2.45) is 17.8 Å². The minimum Gasteiger partial charge on any atom is -1.00 e. The summed E-state index contributed by atoms with van der Waals surface area (Å²) in [6, 6.07) is 0. The molecule has 4 fully saturated rings. The van der Waals surface area contributed by atoms with E-state index in [-0.39, 0.29) is 24.0 Å². The van der Waals surface area contributed by atoms with Crippen molar-refractivity contribution < 1.29 is 33.6 Å². The van der Waals surface area contributed by atoms with Crippen LogP contribution in [0.3, 0.4) is 0 Å². The van der Waals surface area contributed by atoms with Gasteiger partial charge in [-0.3, -0.25) is 0 Å². The molecule has 4 aliphatic rings. The summed E-state index contributed by atoms with van der Waals surface area (Å²) in [6.07, 6.45) is 8.85. The third-order valence-corrected chi connectivity index (χ3v) is 5.95. The normalized spacial score (nSPS) is 43.6. The van der Waals surface area contributed by atoms with Crippen molar-refractivity contribution >= 4 is 0 Å². The Labute approximate surface area is 122 Å². The van der Waals surface area contributed by atoms with Gasteiger partial charge in [0.2, 0.25) is 0 Å². The molecule has 0 saturated heterocycles. The molecule has 4 bridgehead atoms. The summed E-state index contributed by atoms with van der Waals surface area (Å²) in [7, 11) is 4.70. The van der Waals surface area contributed by atoms with Gasteiger partial charge in [-0.05, 0) is 37.0 Å². The molecule has 0 heterocycles. The van der Waals surface area contributed by atoms with Crippen LogP contribution in [0.4, 0.5) is 0 Å². The third kappa shape index (κ3) is 2.16. The summed E-state index contributed by atoms with van der Waals surface area (Å²) in [5.74, 6) is 3.05. The van der Waals surface area contributed by atoms with Gasteiger partial charge in [0.25, 0.3) is 0 Å². The molecule has 3 heteroatoms. The lowest BCUT2D eigenvalue weighted by Gasteiger charge is -2.62. The highest BCUT2D eigenvalue weighted by atomic mass is 127. The zero-order valence-electron chi connectivity index (χ0n) is 11.2. The van der Waals surface area contributed by atoms with Gasteiger partial charge in [0, 0.05) is 19.3 Å². The van der Waals surface area contributed by atoms with Crippen LogP contribution in [-0.4, -0.2) is 42.4 Å². The van der Waals surface area contributed by atoms with Gasteiger partial charge in [-0.25, -0.2) is 0 Å². The van der Waals surface area contributed by atoms with Gasteiger partial charge in [-0.15, -0.1) is 0 Å². The van der Waals surface area contributed by atoms with E-state index in [4.69, 9.17) is 0 Å². The molecule has 0 spiro atoms. The molecular formula is C14H26INO. The lowest BCUT2D eigenvalue weighted by Crippen LogP contribution is -3.00. The van der Waals surface area contributed by atoms with Crippen LogP contribution in [0.25, 0.3) is 0 Å². The van der Waals surface area contributed by atoms with Crippen LogP contribution in [0.15, 0.2) is 0 Å². The standard InChI is InChI=1S/C14H26NO.HI/c1-15(2,3-4-16)14-8-11-5-12(9-14)7-13(6-11)10-14;/h11-13,16H,3-10H2,1-2H3;1H/q+1;/p-1. The maximum Gasteiger partial charge on any atom is 0.102 e. The average molecular weight is 351 g/mol. The Kier molecular flexibility index (Phi) is 3.84. The smallest absolute Gasteiger partial charge is 0.102 e. The van der Waals surface area contributed by atoms with Crippen molar-refractivity contribution in [3.63, 3.8) is 0 Å². The maximum absolute atomic E-state index is 9.29. The zero-order chi connectivity index (χ0) is 11.4. The molecule has 0 atom stereocenters. The van der Waals surface area contributed by atoms with E-state index >= 15 is 0 Å². The molecule has 100 valence electrons. The molecule has 0 aromatic rings. The van der Waals surface area contributed by atoms with Gasteiger partial charge < -0.3 is 33.6 Å². The second kappa shape index (κ2) is 4.64. The number of hydrogen-bond acceptors (Lipinski definition) is 1. The lowest BCUT2D eigenvalue weighted by atomic mass is 9.52. The molecule has 4 rings (SSSR count).